The van der Waals surface area contributed by atoms with Crippen molar-refractivity contribution in [3.05, 3.63) is 35.4 Å². The molecular weight excluding hydrogens is 305 g/mol. The van der Waals surface area contributed by atoms with Gasteiger partial charge in [0.2, 0.25) is 5.91 Å². The van der Waals surface area contributed by atoms with Crippen LogP contribution in [0.4, 0.5) is 13.2 Å². The Morgan fingerprint density at radius 1 is 1.33 bits per heavy atom. The number of hydrogen-bond donors (Lipinski definition) is 2. The lowest BCUT2D eigenvalue weighted by Crippen LogP contribution is -2.41. The van der Waals surface area contributed by atoms with Crippen LogP contribution in [0.3, 0.4) is 0 Å². The molecule has 2 atom stereocenters. The molecule has 2 N–H and O–H groups in total. The van der Waals surface area contributed by atoms with Crippen molar-refractivity contribution in [3.63, 3.8) is 0 Å². The molecule has 118 valence electrons. The molecule has 0 aliphatic carbocycles. The summed E-state index contributed by atoms with van der Waals surface area (Å²) in [7, 11) is 0. The van der Waals surface area contributed by atoms with Gasteiger partial charge >= 0.3 is 6.18 Å². The molecule has 2 rings (SSSR count). The quantitative estimate of drug-likeness (QED) is 0.898. The molecule has 1 aromatic carbocycles. The number of benzene rings is 1. The number of nitrogens with one attached hydrogen (secondary N) is 2. The van der Waals surface area contributed by atoms with Crippen molar-refractivity contribution < 1.29 is 18.0 Å². The summed E-state index contributed by atoms with van der Waals surface area (Å²) in [5, 5.41) is 5.90. The van der Waals surface area contributed by atoms with Crippen LogP contribution >= 0.6 is 12.4 Å². The van der Waals surface area contributed by atoms with Gasteiger partial charge in [0.05, 0.1) is 17.6 Å². The molecule has 0 bridgehead atoms. The first-order chi connectivity index (χ1) is 9.38. The first kappa shape index (κ1) is 17.8. The maximum absolute atomic E-state index is 12.5. The van der Waals surface area contributed by atoms with Crippen molar-refractivity contribution >= 4 is 18.3 Å². The number of alkyl halides is 3. The average Bonchev–Trinajstić information content (AvgIpc) is 2.91. The average molecular weight is 323 g/mol. The SMILES string of the molecule is CC(NC(=O)C1CCCN1)c1ccc(C(F)(F)F)cc1.Cl. The molecule has 7 heteroatoms. The van der Waals surface area contributed by atoms with Gasteiger partial charge in [-0.1, -0.05) is 12.1 Å². The molecule has 1 aromatic rings. The zero-order valence-electron chi connectivity index (χ0n) is 11.5. The second-order valence-electron chi connectivity index (χ2n) is 5.00. The Labute approximate surface area is 127 Å². The molecule has 1 aliphatic rings. The lowest BCUT2D eigenvalue weighted by atomic mass is 10.1. The standard InChI is InChI=1S/C14H17F3N2O.ClH/c1-9(19-13(20)12-3-2-8-18-12)10-4-6-11(7-5-10)14(15,16)17;/h4-7,9,12,18H,2-3,8H2,1H3,(H,19,20);1H. The summed E-state index contributed by atoms with van der Waals surface area (Å²) in [6.45, 7) is 2.59. The highest BCUT2D eigenvalue weighted by molar-refractivity contribution is 5.85. The summed E-state index contributed by atoms with van der Waals surface area (Å²) in [6.07, 6.45) is -2.57. The highest BCUT2D eigenvalue weighted by Gasteiger charge is 2.30. The smallest absolute Gasteiger partial charge is 0.348 e. The van der Waals surface area contributed by atoms with Gasteiger partial charge in [-0.3, -0.25) is 4.79 Å². The maximum atomic E-state index is 12.5. The van der Waals surface area contributed by atoms with E-state index < -0.39 is 11.7 Å². The zero-order chi connectivity index (χ0) is 14.8. The minimum absolute atomic E-state index is 0. The molecule has 21 heavy (non-hydrogen) atoms. The molecular formula is C14H18ClF3N2O. The minimum atomic E-state index is -4.33. The number of rotatable bonds is 3. The van der Waals surface area contributed by atoms with E-state index in [2.05, 4.69) is 10.6 Å². The topological polar surface area (TPSA) is 41.1 Å². The van der Waals surface area contributed by atoms with Gasteiger partial charge in [0.15, 0.2) is 0 Å². The molecule has 1 saturated heterocycles. The number of carbonyl (C=O) groups is 1. The summed E-state index contributed by atoms with van der Waals surface area (Å²) in [4.78, 5) is 11.9. The molecule has 1 fully saturated rings. The molecule has 1 heterocycles. The van der Waals surface area contributed by atoms with Crippen molar-refractivity contribution in [1.82, 2.24) is 10.6 Å². The van der Waals surface area contributed by atoms with Crippen LogP contribution < -0.4 is 10.6 Å². The first-order valence-corrected chi connectivity index (χ1v) is 6.59. The van der Waals surface area contributed by atoms with Gasteiger partial charge < -0.3 is 10.6 Å². The van der Waals surface area contributed by atoms with Crippen molar-refractivity contribution in [3.8, 4) is 0 Å². The number of hydrogen-bond acceptors (Lipinski definition) is 2. The van der Waals surface area contributed by atoms with Crippen LogP contribution in [-0.2, 0) is 11.0 Å². The maximum Gasteiger partial charge on any atom is 0.416 e. The van der Waals surface area contributed by atoms with Crippen LogP contribution in [0.15, 0.2) is 24.3 Å². The van der Waals surface area contributed by atoms with Crippen LogP contribution in [0, 0.1) is 0 Å². The van der Waals surface area contributed by atoms with Crippen LogP contribution in [0.2, 0.25) is 0 Å². The fraction of sp³-hybridized carbons (Fsp3) is 0.500. The fourth-order valence-electron chi connectivity index (χ4n) is 2.27. The fourth-order valence-corrected chi connectivity index (χ4v) is 2.27. The Balaban J connectivity index is 0.00000220. The van der Waals surface area contributed by atoms with Crippen molar-refractivity contribution in [2.45, 2.75) is 38.0 Å². The Hall–Kier alpha value is -1.27. The minimum Gasteiger partial charge on any atom is -0.348 e. The Morgan fingerprint density at radius 3 is 2.43 bits per heavy atom. The Bertz CT molecular complexity index is 470. The van der Waals surface area contributed by atoms with Crippen LogP contribution in [-0.4, -0.2) is 18.5 Å². The van der Waals surface area contributed by atoms with Crippen molar-refractivity contribution in [1.29, 1.82) is 0 Å². The summed E-state index contributed by atoms with van der Waals surface area (Å²) < 4.78 is 37.4. The van der Waals surface area contributed by atoms with Gasteiger partial charge in [-0.25, -0.2) is 0 Å². The summed E-state index contributed by atoms with van der Waals surface area (Å²) in [5.41, 5.74) is -0.0263. The van der Waals surface area contributed by atoms with Gasteiger partial charge in [0, 0.05) is 0 Å². The molecule has 0 spiro atoms. The third-order valence-corrected chi connectivity index (χ3v) is 3.47. The second kappa shape index (κ2) is 7.13. The summed E-state index contributed by atoms with van der Waals surface area (Å²) in [5.74, 6) is -0.102. The number of carbonyl (C=O) groups excluding carboxylic acids is 1. The Morgan fingerprint density at radius 2 is 1.95 bits per heavy atom. The highest BCUT2D eigenvalue weighted by atomic mass is 35.5. The van der Waals surface area contributed by atoms with E-state index in [0.717, 1.165) is 31.5 Å². The predicted octanol–water partition coefficient (Wildman–Crippen LogP) is 3.06. The van der Waals surface area contributed by atoms with E-state index in [-0.39, 0.29) is 30.4 Å². The predicted molar refractivity (Wildman–Crippen MR) is 76.3 cm³/mol. The van der Waals surface area contributed by atoms with Gasteiger partial charge in [-0.05, 0) is 44.0 Å². The third kappa shape index (κ3) is 4.61. The molecule has 1 amide bonds. The molecule has 1 aliphatic heterocycles. The van der Waals surface area contributed by atoms with Crippen molar-refractivity contribution in [2.75, 3.05) is 6.54 Å². The molecule has 0 saturated carbocycles. The molecule has 0 aromatic heterocycles. The van der Waals surface area contributed by atoms with Crippen LogP contribution in [0.25, 0.3) is 0 Å². The summed E-state index contributed by atoms with van der Waals surface area (Å²) >= 11 is 0. The number of amides is 1. The largest absolute Gasteiger partial charge is 0.416 e. The molecule has 2 unspecified atom stereocenters. The molecule has 3 nitrogen and oxygen atoms in total. The lowest BCUT2D eigenvalue weighted by molar-refractivity contribution is -0.137. The molecule has 0 radical (unpaired) electrons. The second-order valence-corrected chi connectivity index (χ2v) is 5.00. The van der Waals surface area contributed by atoms with Crippen LogP contribution in [0.5, 0.6) is 0 Å². The van der Waals surface area contributed by atoms with Gasteiger partial charge in [-0.2, -0.15) is 13.2 Å². The Kier molecular flexibility index (Phi) is 6.04. The van der Waals surface area contributed by atoms with E-state index in [0.29, 0.717) is 5.56 Å². The monoisotopic (exact) mass is 322 g/mol. The summed E-state index contributed by atoms with van der Waals surface area (Å²) in [6, 6.07) is 4.36. The van der Waals surface area contributed by atoms with Gasteiger partial charge in [0.1, 0.15) is 0 Å². The number of halogens is 4. The first-order valence-electron chi connectivity index (χ1n) is 6.59. The van der Waals surface area contributed by atoms with E-state index in [1.807, 2.05) is 0 Å². The van der Waals surface area contributed by atoms with Gasteiger partial charge in [0.25, 0.3) is 0 Å². The van der Waals surface area contributed by atoms with E-state index in [1.54, 1.807) is 6.92 Å². The van der Waals surface area contributed by atoms with E-state index in [4.69, 9.17) is 0 Å². The lowest BCUT2D eigenvalue weighted by Gasteiger charge is -2.18. The van der Waals surface area contributed by atoms with Crippen molar-refractivity contribution in [2.24, 2.45) is 0 Å². The van der Waals surface area contributed by atoms with E-state index in [1.165, 1.54) is 12.1 Å². The van der Waals surface area contributed by atoms with E-state index >= 15 is 0 Å². The zero-order valence-corrected chi connectivity index (χ0v) is 12.4. The third-order valence-electron chi connectivity index (χ3n) is 3.47. The van der Waals surface area contributed by atoms with E-state index in [9.17, 15) is 18.0 Å². The normalized spacial score (nSPS) is 19.7. The van der Waals surface area contributed by atoms with Crippen LogP contribution in [0.1, 0.15) is 36.9 Å². The van der Waals surface area contributed by atoms with Gasteiger partial charge in [-0.15, -0.1) is 12.4 Å². The highest BCUT2D eigenvalue weighted by Crippen LogP contribution is 2.29.